The standard InChI is InChI=1S/C27H29N5O2/c1-3-31-23-7-5-4-6-20(23)21-14-18(8-10-24(21)31)16-29-17(2)12-13-32-25-11-9-19(26(28)33)15-22(25)30-27(32)34/h4-11,14-15,17,29H,3,12-13,16H2,1-2H3,(H2,28,33)(H,30,34). The van der Waals surface area contributed by atoms with Gasteiger partial charge in [-0.2, -0.15) is 0 Å². The number of nitrogens with one attached hydrogen (secondary N) is 2. The van der Waals surface area contributed by atoms with Crippen LogP contribution in [-0.4, -0.2) is 26.1 Å². The molecule has 1 unspecified atom stereocenters. The first kappa shape index (κ1) is 22.0. The van der Waals surface area contributed by atoms with Gasteiger partial charge in [-0.05, 0) is 62.2 Å². The largest absolute Gasteiger partial charge is 0.366 e. The Morgan fingerprint density at radius 1 is 1.00 bits per heavy atom. The van der Waals surface area contributed by atoms with Crippen LogP contribution in [0.1, 0.15) is 36.2 Å². The molecule has 2 heterocycles. The third-order valence-corrected chi connectivity index (χ3v) is 6.65. The fraction of sp³-hybridized carbons (Fsp3) is 0.259. The third kappa shape index (κ3) is 3.88. The lowest BCUT2D eigenvalue weighted by molar-refractivity contribution is 0.100. The minimum absolute atomic E-state index is 0.179. The fourth-order valence-electron chi connectivity index (χ4n) is 4.81. The summed E-state index contributed by atoms with van der Waals surface area (Å²) in [6.07, 6.45) is 0.793. The number of H-pyrrole nitrogens is 1. The Morgan fingerprint density at radius 2 is 1.76 bits per heavy atom. The molecule has 5 aromatic rings. The maximum absolute atomic E-state index is 12.4. The van der Waals surface area contributed by atoms with Gasteiger partial charge in [0.1, 0.15) is 0 Å². The second kappa shape index (κ2) is 8.83. The number of carbonyl (C=O) groups is 1. The van der Waals surface area contributed by atoms with Crippen molar-refractivity contribution in [3.63, 3.8) is 0 Å². The Morgan fingerprint density at radius 3 is 2.56 bits per heavy atom. The number of fused-ring (bicyclic) bond motifs is 4. The molecule has 1 amide bonds. The second-order valence-electron chi connectivity index (χ2n) is 8.86. The van der Waals surface area contributed by atoms with Crippen LogP contribution < -0.4 is 16.7 Å². The average molecular weight is 456 g/mol. The zero-order valence-electron chi connectivity index (χ0n) is 19.5. The molecule has 7 heteroatoms. The molecule has 4 N–H and O–H groups in total. The minimum Gasteiger partial charge on any atom is -0.366 e. The first-order chi connectivity index (χ1) is 16.5. The van der Waals surface area contributed by atoms with Crippen molar-refractivity contribution in [3.05, 3.63) is 82.3 Å². The van der Waals surface area contributed by atoms with Crippen LogP contribution in [0.15, 0.2) is 65.5 Å². The second-order valence-corrected chi connectivity index (χ2v) is 8.86. The fourth-order valence-corrected chi connectivity index (χ4v) is 4.81. The maximum atomic E-state index is 12.4. The number of hydrogen-bond donors (Lipinski definition) is 3. The van der Waals surface area contributed by atoms with Crippen molar-refractivity contribution >= 4 is 38.7 Å². The summed E-state index contributed by atoms with van der Waals surface area (Å²) in [7, 11) is 0. The topological polar surface area (TPSA) is 97.8 Å². The summed E-state index contributed by atoms with van der Waals surface area (Å²) < 4.78 is 4.07. The van der Waals surface area contributed by atoms with Crippen molar-refractivity contribution in [2.75, 3.05) is 0 Å². The first-order valence-corrected chi connectivity index (χ1v) is 11.7. The summed E-state index contributed by atoms with van der Waals surface area (Å²) in [4.78, 5) is 26.7. The number of benzene rings is 3. The predicted octanol–water partition coefficient (Wildman–Crippen LogP) is 4.12. The van der Waals surface area contributed by atoms with Gasteiger partial charge in [0.05, 0.1) is 11.0 Å². The van der Waals surface area contributed by atoms with Gasteiger partial charge < -0.3 is 20.6 Å². The zero-order valence-corrected chi connectivity index (χ0v) is 19.5. The van der Waals surface area contributed by atoms with Gasteiger partial charge in [-0.1, -0.05) is 24.3 Å². The highest BCUT2D eigenvalue weighted by Gasteiger charge is 2.12. The molecule has 2 aromatic heterocycles. The number of imidazole rings is 1. The van der Waals surface area contributed by atoms with Crippen LogP contribution in [0.25, 0.3) is 32.8 Å². The number of primary amides is 1. The molecule has 0 aliphatic heterocycles. The monoisotopic (exact) mass is 455 g/mol. The Kier molecular flexibility index (Phi) is 5.71. The van der Waals surface area contributed by atoms with E-state index < -0.39 is 5.91 Å². The quantitative estimate of drug-likeness (QED) is 0.328. The van der Waals surface area contributed by atoms with Crippen LogP contribution >= 0.6 is 0 Å². The van der Waals surface area contributed by atoms with E-state index in [9.17, 15) is 9.59 Å². The van der Waals surface area contributed by atoms with Crippen molar-refractivity contribution in [2.45, 2.75) is 45.9 Å². The van der Waals surface area contributed by atoms with Gasteiger partial charge in [0.2, 0.25) is 5.91 Å². The van der Waals surface area contributed by atoms with Crippen LogP contribution in [0.2, 0.25) is 0 Å². The van der Waals surface area contributed by atoms with Gasteiger partial charge >= 0.3 is 5.69 Å². The van der Waals surface area contributed by atoms with Crippen molar-refractivity contribution in [2.24, 2.45) is 5.73 Å². The summed E-state index contributed by atoms with van der Waals surface area (Å²) in [5, 5.41) is 6.16. The van der Waals surface area contributed by atoms with Crippen molar-refractivity contribution in [1.29, 1.82) is 0 Å². The number of aromatic nitrogens is 3. The minimum atomic E-state index is -0.509. The summed E-state index contributed by atoms with van der Waals surface area (Å²) in [5.41, 5.74) is 10.7. The molecule has 5 rings (SSSR count). The molecule has 7 nitrogen and oxygen atoms in total. The van der Waals surface area contributed by atoms with Gasteiger partial charge in [0.25, 0.3) is 0 Å². The Balaban J connectivity index is 1.28. The van der Waals surface area contributed by atoms with Crippen LogP contribution in [0.5, 0.6) is 0 Å². The molecule has 1 atom stereocenters. The van der Waals surface area contributed by atoms with E-state index in [0.29, 0.717) is 17.6 Å². The number of hydrogen-bond acceptors (Lipinski definition) is 3. The van der Waals surface area contributed by atoms with Crippen LogP contribution in [0.3, 0.4) is 0 Å². The van der Waals surface area contributed by atoms with Crippen molar-refractivity contribution in [3.8, 4) is 0 Å². The molecule has 174 valence electrons. The molecule has 0 saturated carbocycles. The summed E-state index contributed by atoms with van der Waals surface area (Å²) in [5.74, 6) is -0.509. The smallest absolute Gasteiger partial charge is 0.326 e. The van der Waals surface area contributed by atoms with Crippen LogP contribution in [-0.2, 0) is 19.6 Å². The van der Waals surface area contributed by atoms with E-state index in [0.717, 1.165) is 25.0 Å². The molecule has 0 bridgehead atoms. The Bertz CT molecular complexity index is 1570. The number of para-hydroxylation sites is 1. The Hall–Kier alpha value is -3.84. The predicted molar refractivity (Wildman–Crippen MR) is 137 cm³/mol. The van der Waals surface area contributed by atoms with Gasteiger partial charge in [-0.25, -0.2) is 4.79 Å². The zero-order chi connectivity index (χ0) is 23.8. The summed E-state index contributed by atoms with van der Waals surface area (Å²) in [6.45, 7) is 6.58. The third-order valence-electron chi connectivity index (χ3n) is 6.65. The lowest BCUT2D eigenvalue weighted by atomic mass is 10.1. The van der Waals surface area contributed by atoms with Gasteiger partial charge in [-0.3, -0.25) is 9.36 Å². The van der Waals surface area contributed by atoms with Crippen molar-refractivity contribution < 1.29 is 4.79 Å². The molecule has 0 spiro atoms. The summed E-state index contributed by atoms with van der Waals surface area (Å²) in [6, 6.07) is 20.5. The molecular formula is C27H29N5O2. The number of aryl methyl sites for hydroxylation is 2. The molecule has 3 aromatic carbocycles. The normalized spacial score (nSPS) is 12.6. The SMILES string of the molecule is CCn1c2ccccc2c2cc(CNC(C)CCn3c(=O)[nH]c4cc(C(N)=O)ccc43)ccc21. The van der Waals surface area contributed by atoms with Crippen LogP contribution in [0.4, 0.5) is 0 Å². The first-order valence-electron chi connectivity index (χ1n) is 11.7. The lowest BCUT2D eigenvalue weighted by Gasteiger charge is -2.14. The van der Waals surface area contributed by atoms with E-state index in [1.165, 1.54) is 27.4 Å². The highest BCUT2D eigenvalue weighted by atomic mass is 16.1. The molecule has 0 fully saturated rings. The highest BCUT2D eigenvalue weighted by Crippen LogP contribution is 2.29. The number of amides is 1. The van der Waals surface area contributed by atoms with E-state index in [4.69, 9.17) is 5.73 Å². The highest BCUT2D eigenvalue weighted by molar-refractivity contribution is 6.08. The van der Waals surface area contributed by atoms with Crippen molar-refractivity contribution in [1.82, 2.24) is 19.4 Å². The van der Waals surface area contributed by atoms with Gasteiger partial charge in [-0.15, -0.1) is 0 Å². The number of aromatic amines is 1. The van der Waals surface area contributed by atoms with E-state index in [2.05, 4.69) is 71.2 Å². The molecule has 0 saturated heterocycles. The number of rotatable bonds is 8. The molecule has 0 aliphatic rings. The average Bonchev–Trinajstić information content (AvgIpc) is 3.33. The molecule has 34 heavy (non-hydrogen) atoms. The van der Waals surface area contributed by atoms with E-state index in [-0.39, 0.29) is 11.7 Å². The van der Waals surface area contributed by atoms with Gasteiger partial charge in [0, 0.05) is 53.0 Å². The number of nitrogens with two attached hydrogens (primary N) is 1. The van der Waals surface area contributed by atoms with E-state index in [1.807, 2.05) is 0 Å². The maximum Gasteiger partial charge on any atom is 0.326 e. The summed E-state index contributed by atoms with van der Waals surface area (Å²) >= 11 is 0. The van der Waals surface area contributed by atoms with E-state index in [1.54, 1.807) is 22.8 Å². The van der Waals surface area contributed by atoms with Crippen LogP contribution in [0, 0.1) is 0 Å². The molecule has 0 aliphatic carbocycles. The number of carbonyl (C=O) groups excluding carboxylic acids is 1. The molecule has 0 radical (unpaired) electrons. The Labute approximate surface area is 197 Å². The molecular weight excluding hydrogens is 426 g/mol. The van der Waals surface area contributed by atoms with Gasteiger partial charge in [0.15, 0.2) is 0 Å². The van der Waals surface area contributed by atoms with E-state index >= 15 is 0 Å². The lowest BCUT2D eigenvalue weighted by Crippen LogP contribution is -2.28. The number of nitrogens with zero attached hydrogens (tertiary/aromatic N) is 2.